The van der Waals surface area contributed by atoms with E-state index >= 15 is 0 Å². The molecule has 1 aromatic heterocycles. The molecule has 5 nitrogen and oxygen atoms in total. The molecule has 0 aliphatic heterocycles. The van der Waals surface area contributed by atoms with Gasteiger partial charge in [-0.3, -0.25) is 4.79 Å². The smallest absolute Gasteiger partial charge is 0.247 e. The van der Waals surface area contributed by atoms with Gasteiger partial charge in [0.2, 0.25) is 15.9 Å². The van der Waals surface area contributed by atoms with Crippen molar-refractivity contribution in [1.29, 1.82) is 0 Å². The van der Waals surface area contributed by atoms with Gasteiger partial charge in [-0.2, -0.15) is 0 Å². The molecule has 1 amide bonds. The molecule has 108 valence electrons. The third kappa shape index (κ3) is 4.59. The summed E-state index contributed by atoms with van der Waals surface area (Å²) >= 11 is 1.09. The van der Waals surface area contributed by atoms with Crippen molar-refractivity contribution in [2.45, 2.75) is 43.9 Å². The van der Waals surface area contributed by atoms with Gasteiger partial charge >= 0.3 is 0 Å². The first-order valence-electron chi connectivity index (χ1n) is 6.18. The maximum absolute atomic E-state index is 11.9. The van der Waals surface area contributed by atoms with Crippen molar-refractivity contribution in [2.75, 3.05) is 0 Å². The first-order chi connectivity index (χ1) is 8.75. The summed E-state index contributed by atoms with van der Waals surface area (Å²) in [4.78, 5) is 12.6. The highest BCUT2D eigenvalue weighted by Crippen LogP contribution is 2.26. The Kier molecular flexibility index (Phi) is 5.51. The van der Waals surface area contributed by atoms with Gasteiger partial charge < -0.3 is 5.32 Å². The Hall–Kier alpha value is -0.920. The van der Waals surface area contributed by atoms with Crippen molar-refractivity contribution in [1.82, 2.24) is 5.32 Å². The van der Waals surface area contributed by atoms with Gasteiger partial charge in [0.25, 0.3) is 0 Å². The second kappa shape index (κ2) is 6.49. The van der Waals surface area contributed by atoms with Crippen LogP contribution < -0.4 is 10.5 Å². The van der Waals surface area contributed by atoms with Gasteiger partial charge in [-0.1, -0.05) is 20.3 Å². The van der Waals surface area contributed by atoms with E-state index in [2.05, 4.69) is 5.32 Å². The number of rotatable bonds is 6. The Labute approximate surface area is 118 Å². The summed E-state index contributed by atoms with van der Waals surface area (Å²) in [5, 5.41) is 7.94. The molecule has 1 aromatic rings. The highest BCUT2D eigenvalue weighted by molar-refractivity contribution is 7.91. The van der Waals surface area contributed by atoms with E-state index in [1.165, 1.54) is 6.07 Å². The van der Waals surface area contributed by atoms with E-state index in [4.69, 9.17) is 5.14 Å². The molecule has 0 aliphatic rings. The van der Waals surface area contributed by atoms with Gasteiger partial charge in [0.15, 0.2) is 0 Å². The lowest BCUT2D eigenvalue weighted by Crippen LogP contribution is -2.31. The minimum Gasteiger partial charge on any atom is -0.349 e. The second-order valence-corrected chi connectivity index (χ2v) is 7.53. The second-order valence-electron chi connectivity index (χ2n) is 4.62. The molecule has 0 spiro atoms. The van der Waals surface area contributed by atoms with Crippen LogP contribution in [0.4, 0.5) is 0 Å². The van der Waals surface area contributed by atoms with Crippen LogP contribution >= 0.6 is 11.3 Å². The van der Waals surface area contributed by atoms with Gasteiger partial charge in [-0.15, -0.1) is 11.3 Å². The molecule has 0 bridgehead atoms. The Morgan fingerprint density at radius 1 is 1.42 bits per heavy atom. The van der Waals surface area contributed by atoms with E-state index in [-0.39, 0.29) is 22.1 Å². The molecule has 1 rings (SSSR count). The van der Waals surface area contributed by atoms with E-state index in [0.717, 1.165) is 29.1 Å². The average molecular weight is 304 g/mol. The van der Waals surface area contributed by atoms with Crippen LogP contribution in [0, 0.1) is 5.92 Å². The van der Waals surface area contributed by atoms with E-state index in [0.29, 0.717) is 0 Å². The fourth-order valence-corrected chi connectivity index (χ4v) is 3.46. The Morgan fingerprint density at radius 2 is 2.05 bits per heavy atom. The molecule has 0 saturated heterocycles. The largest absolute Gasteiger partial charge is 0.349 e. The minimum atomic E-state index is -3.66. The van der Waals surface area contributed by atoms with E-state index in [1.807, 2.05) is 20.8 Å². The van der Waals surface area contributed by atoms with Crippen LogP contribution in [0.1, 0.15) is 44.5 Å². The molecule has 1 heterocycles. The molecule has 0 aliphatic carbocycles. The Morgan fingerprint density at radius 3 is 2.53 bits per heavy atom. The lowest BCUT2D eigenvalue weighted by Gasteiger charge is -2.16. The van der Waals surface area contributed by atoms with Crippen molar-refractivity contribution >= 4 is 27.3 Å². The number of carbonyl (C=O) groups is 1. The number of nitrogens with one attached hydrogen (secondary N) is 1. The predicted molar refractivity (Wildman–Crippen MR) is 76.3 cm³/mol. The van der Waals surface area contributed by atoms with Gasteiger partial charge in [0.1, 0.15) is 4.21 Å². The summed E-state index contributed by atoms with van der Waals surface area (Å²) < 4.78 is 22.5. The summed E-state index contributed by atoms with van der Waals surface area (Å²) in [6.45, 7) is 5.75. The SMILES string of the molecule is CCCC(C)C(=O)NC(C)c1ccc(S(N)(=O)=O)s1. The lowest BCUT2D eigenvalue weighted by molar-refractivity contribution is -0.125. The summed E-state index contributed by atoms with van der Waals surface area (Å²) in [6.07, 6.45) is 1.79. The van der Waals surface area contributed by atoms with Gasteiger partial charge in [0, 0.05) is 10.8 Å². The molecule has 2 unspecified atom stereocenters. The molecular weight excluding hydrogens is 284 g/mol. The van der Waals surface area contributed by atoms with Crippen LogP contribution in [0.15, 0.2) is 16.3 Å². The highest BCUT2D eigenvalue weighted by atomic mass is 32.2. The van der Waals surface area contributed by atoms with Gasteiger partial charge in [-0.25, -0.2) is 13.6 Å². The van der Waals surface area contributed by atoms with Crippen molar-refractivity contribution in [3.63, 3.8) is 0 Å². The number of sulfonamides is 1. The molecule has 19 heavy (non-hydrogen) atoms. The number of hydrogen-bond acceptors (Lipinski definition) is 4. The normalized spacial score (nSPS) is 14.9. The molecule has 0 aromatic carbocycles. The van der Waals surface area contributed by atoms with Crippen molar-refractivity contribution in [3.05, 3.63) is 17.0 Å². The number of amides is 1. The molecule has 0 fully saturated rings. The zero-order valence-corrected chi connectivity index (χ0v) is 13.0. The van der Waals surface area contributed by atoms with Crippen LogP contribution in [-0.4, -0.2) is 14.3 Å². The van der Waals surface area contributed by atoms with Crippen LogP contribution in [0.25, 0.3) is 0 Å². The van der Waals surface area contributed by atoms with Crippen LogP contribution in [0.3, 0.4) is 0 Å². The number of nitrogens with two attached hydrogens (primary N) is 1. The third-order valence-electron chi connectivity index (χ3n) is 2.84. The maximum atomic E-state index is 11.9. The number of thiophene rings is 1. The van der Waals surface area contributed by atoms with Gasteiger partial charge in [0.05, 0.1) is 6.04 Å². The predicted octanol–water partition coefficient (Wildman–Crippen LogP) is 2.01. The number of hydrogen-bond donors (Lipinski definition) is 2. The topological polar surface area (TPSA) is 89.3 Å². The first kappa shape index (κ1) is 16.1. The zero-order valence-electron chi connectivity index (χ0n) is 11.3. The molecule has 7 heteroatoms. The summed E-state index contributed by atoms with van der Waals surface area (Å²) in [5.74, 6) is -0.0509. The van der Waals surface area contributed by atoms with Gasteiger partial charge in [-0.05, 0) is 25.5 Å². The summed E-state index contributed by atoms with van der Waals surface area (Å²) in [7, 11) is -3.66. The quantitative estimate of drug-likeness (QED) is 0.842. The molecule has 0 radical (unpaired) electrons. The average Bonchev–Trinajstić information content (AvgIpc) is 2.78. The number of primary sulfonamides is 1. The van der Waals surface area contributed by atoms with Crippen molar-refractivity contribution in [3.8, 4) is 0 Å². The monoisotopic (exact) mass is 304 g/mol. The van der Waals surface area contributed by atoms with Crippen LogP contribution in [0.2, 0.25) is 0 Å². The zero-order chi connectivity index (χ0) is 14.6. The summed E-state index contributed by atoms with van der Waals surface area (Å²) in [6, 6.07) is 2.93. The Balaban J connectivity index is 2.71. The molecular formula is C12H20N2O3S2. The minimum absolute atomic E-state index is 0.0140. The van der Waals surface area contributed by atoms with E-state index in [1.54, 1.807) is 6.07 Å². The fraction of sp³-hybridized carbons (Fsp3) is 0.583. The van der Waals surface area contributed by atoms with Crippen LogP contribution in [-0.2, 0) is 14.8 Å². The molecule has 0 saturated carbocycles. The number of carbonyl (C=O) groups excluding carboxylic acids is 1. The standard InChI is InChI=1S/C12H20N2O3S2/c1-4-5-8(2)12(15)14-9(3)10-6-7-11(18-10)19(13,16)17/h6-9H,4-5H2,1-3H3,(H,14,15)(H2,13,16,17). The fourth-order valence-electron chi connectivity index (χ4n) is 1.71. The first-order valence-corrected chi connectivity index (χ1v) is 8.55. The van der Waals surface area contributed by atoms with Crippen molar-refractivity contribution < 1.29 is 13.2 Å². The maximum Gasteiger partial charge on any atom is 0.247 e. The van der Waals surface area contributed by atoms with E-state index in [9.17, 15) is 13.2 Å². The van der Waals surface area contributed by atoms with E-state index < -0.39 is 10.0 Å². The summed E-state index contributed by atoms with van der Waals surface area (Å²) in [5.41, 5.74) is 0. The van der Waals surface area contributed by atoms with Crippen LogP contribution in [0.5, 0.6) is 0 Å². The lowest BCUT2D eigenvalue weighted by atomic mass is 10.1. The van der Waals surface area contributed by atoms with Crippen molar-refractivity contribution in [2.24, 2.45) is 11.1 Å². The molecule has 3 N–H and O–H groups in total. The molecule has 2 atom stereocenters. The Bertz CT molecular complexity index is 537. The third-order valence-corrected chi connectivity index (χ3v) is 5.54. The highest BCUT2D eigenvalue weighted by Gasteiger charge is 2.18.